The van der Waals surface area contributed by atoms with Crippen molar-refractivity contribution in [1.29, 1.82) is 0 Å². The van der Waals surface area contributed by atoms with Crippen LogP contribution in [0.2, 0.25) is 5.02 Å². The second-order valence-corrected chi connectivity index (χ2v) is 12.1. The van der Waals surface area contributed by atoms with Gasteiger partial charge in [0.25, 0.3) is 21.7 Å². The zero-order valence-corrected chi connectivity index (χ0v) is 24.9. The minimum absolute atomic E-state index is 0.0556. The number of hydrogen-bond acceptors (Lipinski definition) is 6. The number of hydrogen-bond donors (Lipinski definition) is 4. The number of carbonyl (C=O) groups excluding carboxylic acids is 1. The molecule has 0 atom stereocenters. The van der Waals surface area contributed by atoms with Gasteiger partial charge in [0.1, 0.15) is 22.9 Å². The number of nitrogens with zero attached hydrogens (tertiary/aromatic N) is 1. The van der Waals surface area contributed by atoms with E-state index < -0.39 is 62.1 Å². The first-order valence-electron chi connectivity index (χ1n) is 11.7. The van der Waals surface area contributed by atoms with E-state index >= 15 is 0 Å². The average Bonchev–Trinajstić information content (AvgIpc) is 3.68. The van der Waals surface area contributed by atoms with E-state index in [2.05, 4.69) is 15.4 Å². The molecule has 1 aliphatic carbocycles. The van der Waals surface area contributed by atoms with Gasteiger partial charge in [0.15, 0.2) is 11.3 Å². The average molecular weight is 730 g/mol. The molecular weight excluding hydrogens is 709 g/mol. The highest BCUT2D eigenvalue weighted by Crippen LogP contribution is 2.43. The molecule has 2 aromatic carbocycles. The van der Waals surface area contributed by atoms with Crippen molar-refractivity contribution in [3.8, 4) is 11.5 Å². The molecular formula is C24H21ClF4IN5O5S. The number of ether oxygens (including phenoxy) is 1. The standard InChI is InChI=1S/C24H21ClF4IN5O5S/c1-31-41(38,39)34-13-6-8-17(14(25)10-13)40-20-18(22(36)32-12-4-5-12)21(33-16-7-3-11(30)9-15(16)26)35(2)23(37)19(20)24(27,28)29/h3,6-10,12,31,33-34H,4-5H2,1-2H3,(H,32,36). The quantitative estimate of drug-likeness (QED) is 0.179. The largest absolute Gasteiger partial charge is 0.454 e. The molecule has 0 spiro atoms. The van der Waals surface area contributed by atoms with Gasteiger partial charge in [-0.2, -0.15) is 21.6 Å². The second-order valence-electron chi connectivity index (χ2n) is 8.84. The molecule has 1 saturated carbocycles. The van der Waals surface area contributed by atoms with Crippen LogP contribution in [0.4, 0.5) is 34.8 Å². The summed E-state index contributed by atoms with van der Waals surface area (Å²) >= 11 is 8.07. The fraction of sp³-hybridized carbons (Fsp3) is 0.250. The van der Waals surface area contributed by atoms with Gasteiger partial charge in [-0.3, -0.25) is 18.9 Å². The van der Waals surface area contributed by atoms with E-state index in [-0.39, 0.29) is 22.4 Å². The van der Waals surface area contributed by atoms with Gasteiger partial charge in [-0.25, -0.2) is 9.11 Å². The van der Waals surface area contributed by atoms with Crippen LogP contribution in [0.1, 0.15) is 28.8 Å². The number of rotatable bonds is 9. The van der Waals surface area contributed by atoms with Gasteiger partial charge in [-0.05, 0) is 71.8 Å². The number of amides is 1. The Morgan fingerprint density at radius 3 is 2.41 bits per heavy atom. The lowest BCUT2D eigenvalue weighted by atomic mass is 10.1. The molecule has 0 bridgehead atoms. The van der Waals surface area contributed by atoms with Crippen LogP contribution in [0.5, 0.6) is 11.5 Å². The normalized spacial score (nSPS) is 13.6. The van der Waals surface area contributed by atoms with Crippen molar-refractivity contribution in [3.63, 3.8) is 0 Å². The molecule has 4 rings (SSSR count). The van der Waals surface area contributed by atoms with Gasteiger partial charge in [-0.1, -0.05) is 11.6 Å². The number of halogens is 6. The highest BCUT2D eigenvalue weighted by molar-refractivity contribution is 14.1. The Balaban J connectivity index is 1.93. The molecule has 0 aliphatic heterocycles. The minimum atomic E-state index is -5.29. The van der Waals surface area contributed by atoms with Crippen molar-refractivity contribution >= 4 is 67.5 Å². The summed E-state index contributed by atoms with van der Waals surface area (Å²) in [5.41, 5.74) is -4.38. The summed E-state index contributed by atoms with van der Waals surface area (Å²) in [4.78, 5) is 26.5. The van der Waals surface area contributed by atoms with Crippen LogP contribution < -0.4 is 30.4 Å². The van der Waals surface area contributed by atoms with Crippen molar-refractivity contribution in [1.82, 2.24) is 14.6 Å². The Hall–Kier alpha value is -3.09. The first-order chi connectivity index (χ1) is 19.1. The predicted octanol–water partition coefficient (Wildman–Crippen LogP) is 5.11. The summed E-state index contributed by atoms with van der Waals surface area (Å²) in [7, 11) is -1.80. The lowest BCUT2D eigenvalue weighted by Gasteiger charge is -2.23. The third kappa shape index (κ3) is 7.04. The van der Waals surface area contributed by atoms with E-state index in [1.165, 1.54) is 12.1 Å². The SMILES string of the molecule is CNS(=O)(=O)Nc1ccc(Oc2c(C(=O)NC3CC3)c(Nc3ccc(I)cc3F)n(C)c(=O)c2C(F)(F)F)c(Cl)c1. The highest BCUT2D eigenvalue weighted by atomic mass is 127. The number of benzene rings is 2. The van der Waals surface area contributed by atoms with E-state index in [0.717, 1.165) is 38.4 Å². The zero-order valence-electron chi connectivity index (χ0n) is 21.1. The summed E-state index contributed by atoms with van der Waals surface area (Å²) < 4.78 is 92.1. The molecule has 1 aromatic heterocycles. The fourth-order valence-electron chi connectivity index (χ4n) is 3.64. The molecule has 1 heterocycles. The molecule has 0 radical (unpaired) electrons. The van der Waals surface area contributed by atoms with Crippen LogP contribution in [0.3, 0.4) is 0 Å². The van der Waals surface area contributed by atoms with E-state index in [1.807, 2.05) is 27.3 Å². The number of aromatic nitrogens is 1. The van der Waals surface area contributed by atoms with E-state index in [9.17, 15) is 35.6 Å². The van der Waals surface area contributed by atoms with Crippen LogP contribution in [-0.2, 0) is 23.4 Å². The van der Waals surface area contributed by atoms with E-state index in [4.69, 9.17) is 16.3 Å². The maximum absolute atomic E-state index is 14.7. The van der Waals surface area contributed by atoms with Gasteiger partial charge < -0.3 is 15.4 Å². The van der Waals surface area contributed by atoms with Crippen molar-refractivity contribution in [2.45, 2.75) is 25.1 Å². The number of nitrogens with one attached hydrogen (secondary N) is 4. The van der Waals surface area contributed by atoms with Gasteiger partial charge in [-0.15, -0.1) is 0 Å². The van der Waals surface area contributed by atoms with Crippen LogP contribution in [0, 0.1) is 9.39 Å². The Morgan fingerprint density at radius 2 is 1.85 bits per heavy atom. The summed E-state index contributed by atoms with van der Waals surface area (Å²) in [5.74, 6) is -3.86. The van der Waals surface area contributed by atoms with E-state index in [1.54, 1.807) is 0 Å². The summed E-state index contributed by atoms with van der Waals surface area (Å²) in [5, 5.41) is 4.80. The Labute approximate surface area is 249 Å². The number of alkyl halides is 3. The first kappa shape index (κ1) is 30.9. The number of anilines is 3. The van der Waals surface area contributed by atoms with Crippen molar-refractivity contribution in [3.05, 3.63) is 72.3 Å². The lowest BCUT2D eigenvalue weighted by Crippen LogP contribution is -2.34. The van der Waals surface area contributed by atoms with Crippen molar-refractivity contribution < 1.29 is 35.5 Å². The van der Waals surface area contributed by atoms with Crippen LogP contribution in [0.25, 0.3) is 0 Å². The summed E-state index contributed by atoms with van der Waals surface area (Å²) in [6, 6.07) is 6.91. The van der Waals surface area contributed by atoms with Gasteiger partial charge in [0, 0.05) is 23.7 Å². The predicted molar refractivity (Wildman–Crippen MR) is 153 cm³/mol. The van der Waals surface area contributed by atoms with Gasteiger partial charge >= 0.3 is 6.18 Å². The first-order valence-corrected chi connectivity index (χ1v) is 14.6. The number of pyridine rings is 1. The molecule has 41 heavy (non-hydrogen) atoms. The Morgan fingerprint density at radius 1 is 1.17 bits per heavy atom. The minimum Gasteiger partial charge on any atom is -0.454 e. The number of carbonyl (C=O) groups is 1. The molecule has 1 amide bonds. The van der Waals surface area contributed by atoms with Crippen LogP contribution >= 0.6 is 34.2 Å². The Kier molecular flexibility index (Phi) is 8.77. The molecule has 10 nitrogen and oxygen atoms in total. The third-order valence-electron chi connectivity index (χ3n) is 5.82. The molecule has 17 heteroatoms. The molecule has 220 valence electrons. The second kappa shape index (κ2) is 11.7. The van der Waals surface area contributed by atoms with Crippen LogP contribution in [-0.4, -0.2) is 32.0 Å². The third-order valence-corrected chi connectivity index (χ3v) is 7.83. The molecule has 4 N–H and O–H groups in total. The summed E-state index contributed by atoms with van der Waals surface area (Å²) in [6.07, 6.45) is -4.12. The zero-order chi connectivity index (χ0) is 30.3. The van der Waals surface area contributed by atoms with Crippen molar-refractivity contribution in [2.75, 3.05) is 17.1 Å². The summed E-state index contributed by atoms with van der Waals surface area (Å²) in [6.45, 7) is 0. The van der Waals surface area contributed by atoms with E-state index in [0.29, 0.717) is 21.0 Å². The maximum atomic E-state index is 14.7. The topological polar surface area (TPSA) is 131 Å². The highest BCUT2D eigenvalue weighted by Gasteiger charge is 2.43. The van der Waals surface area contributed by atoms with Crippen molar-refractivity contribution in [2.24, 2.45) is 7.05 Å². The smallest absolute Gasteiger partial charge is 0.425 e. The Bertz CT molecular complexity index is 1700. The van der Waals surface area contributed by atoms with Gasteiger partial charge in [0.2, 0.25) is 0 Å². The maximum Gasteiger partial charge on any atom is 0.425 e. The lowest BCUT2D eigenvalue weighted by molar-refractivity contribution is -0.139. The molecule has 0 saturated heterocycles. The molecule has 3 aromatic rings. The molecule has 0 unspecified atom stereocenters. The fourth-order valence-corrected chi connectivity index (χ4v) is 4.85. The monoisotopic (exact) mass is 729 g/mol. The molecule has 1 fully saturated rings. The van der Waals surface area contributed by atoms with Gasteiger partial charge in [0.05, 0.1) is 16.4 Å². The van der Waals surface area contributed by atoms with Crippen LogP contribution in [0.15, 0.2) is 41.2 Å². The molecule has 1 aliphatic rings.